The van der Waals surface area contributed by atoms with Gasteiger partial charge in [-0.1, -0.05) is 18.5 Å². The highest BCUT2D eigenvalue weighted by molar-refractivity contribution is 6.31. The Morgan fingerprint density at radius 3 is 2.83 bits per heavy atom. The van der Waals surface area contributed by atoms with Gasteiger partial charge in [-0.2, -0.15) is 5.10 Å². The molecule has 1 unspecified atom stereocenters. The first-order valence-electron chi connectivity index (χ1n) is 6.64. The fourth-order valence-electron chi connectivity index (χ4n) is 2.69. The maximum Gasteiger partial charge on any atom is 0.0834 e. The molecule has 18 heavy (non-hydrogen) atoms. The largest absolute Gasteiger partial charge is 0.378 e. The molecular formula is C13H22ClN3O. The number of methoxy groups -OCH3 is 1. The van der Waals surface area contributed by atoms with Gasteiger partial charge in [-0.05, 0) is 32.1 Å². The van der Waals surface area contributed by atoms with Crippen LogP contribution in [0.2, 0.25) is 5.02 Å². The summed E-state index contributed by atoms with van der Waals surface area (Å²) in [6.45, 7) is 2.98. The third kappa shape index (κ3) is 2.56. The average Bonchev–Trinajstić information content (AvgIpc) is 2.66. The molecule has 0 bridgehead atoms. The van der Waals surface area contributed by atoms with Crippen molar-refractivity contribution in [3.8, 4) is 0 Å². The van der Waals surface area contributed by atoms with Crippen LogP contribution < -0.4 is 5.73 Å². The molecule has 0 aliphatic heterocycles. The van der Waals surface area contributed by atoms with E-state index in [1.54, 1.807) is 13.3 Å². The molecule has 1 heterocycles. The van der Waals surface area contributed by atoms with E-state index in [0.717, 1.165) is 37.9 Å². The van der Waals surface area contributed by atoms with E-state index in [2.05, 4.69) is 12.0 Å². The van der Waals surface area contributed by atoms with Crippen LogP contribution in [0.15, 0.2) is 6.20 Å². The first-order chi connectivity index (χ1) is 8.62. The van der Waals surface area contributed by atoms with E-state index in [4.69, 9.17) is 22.1 Å². The van der Waals surface area contributed by atoms with Gasteiger partial charge in [-0.3, -0.25) is 4.68 Å². The highest BCUT2D eigenvalue weighted by Gasteiger charge is 2.39. The Morgan fingerprint density at radius 2 is 2.33 bits per heavy atom. The number of aromatic nitrogens is 2. The Morgan fingerprint density at radius 1 is 1.61 bits per heavy atom. The molecule has 1 saturated carbocycles. The SMILES string of the molecule is CCCn1ncc(Cl)c1C(N)CC1(OC)CCC1. The lowest BCUT2D eigenvalue weighted by atomic mass is 9.75. The monoisotopic (exact) mass is 271 g/mol. The van der Waals surface area contributed by atoms with Gasteiger partial charge < -0.3 is 10.5 Å². The van der Waals surface area contributed by atoms with E-state index in [1.807, 2.05) is 4.68 Å². The molecule has 1 aliphatic rings. The number of halogens is 1. The van der Waals surface area contributed by atoms with Gasteiger partial charge in [0.2, 0.25) is 0 Å². The van der Waals surface area contributed by atoms with Crippen molar-refractivity contribution < 1.29 is 4.74 Å². The molecule has 1 fully saturated rings. The maximum absolute atomic E-state index is 6.32. The standard InChI is InChI=1S/C13H22ClN3O/c1-3-7-17-12(10(14)9-16-17)11(15)8-13(18-2)5-4-6-13/h9,11H,3-8,15H2,1-2H3. The zero-order valence-corrected chi connectivity index (χ0v) is 11.9. The molecule has 0 spiro atoms. The molecule has 0 aromatic carbocycles. The molecule has 4 nitrogen and oxygen atoms in total. The minimum Gasteiger partial charge on any atom is -0.378 e. The molecule has 0 amide bonds. The van der Waals surface area contributed by atoms with E-state index in [1.165, 1.54) is 6.42 Å². The highest BCUT2D eigenvalue weighted by Crippen LogP contribution is 2.42. The van der Waals surface area contributed by atoms with E-state index in [-0.39, 0.29) is 11.6 Å². The third-order valence-corrected chi connectivity index (χ3v) is 4.20. The van der Waals surface area contributed by atoms with Crippen LogP contribution in [0.4, 0.5) is 0 Å². The van der Waals surface area contributed by atoms with Crippen LogP contribution in [-0.4, -0.2) is 22.5 Å². The van der Waals surface area contributed by atoms with Crippen LogP contribution in [0.25, 0.3) is 0 Å². The van der Waals surface area contributed by atoms with Crippen LogP contribution in [0.5, 0.6) is 0 Å². The summed E-state index contributed by atoms with van der Waals surface area (Å²) >= 11 is 6.20. The van der Waals surface area contributed by atoms with E-state index in [9.17, 15) is 0 Å². The molecule has 2 N–H and O–H groups in total. The third-order valence-electron chi connectivity index (χ3n) is 3.91. The second kappa shape index (κ2) is 5.59. The number of rotatable bonds is 6. The van der Waals surface area contributed by atoms with Crippen LogP contribution in [0, 0.1) is 0 Å². The number of nitrogens with zero attached hydrogens (tertiary/aromatic N) is 2. The lowest BCUT2D eigenvalue weighted by Gasteiger charge is -2.42. The Labute approximate surface area is 113 Å². The number of hydrogen-bond donors (Lipinski definition) is 1. The van der Waals surface area contributed by atoms with Crippen molar-refractivity contribution in [3.63, 3.8) is 0 Å². The molecular weight excluding hydrogens is 250 g/mol. The lowest BCUT2D eigenvalue weighted by Crippen LogP contribution is -2.42. The van der Waals surface area contributed by atoms with Crippen molar-refractivity contribution in [1.82, 2.24) is 9.78 Å². The van der Waals surface area contributed by atoms with Gasteiger partial charge in [0, 0.05) is 13.7 Å². The van der Waals surface area contributed by atoms with Gasteiger partial charge in [0.1, 0.15) is 0 Å². The fraction of sp³-hybridized carbons (Fsp3) is 0.769. The van der Waals surface area contributed by atoms with Crippen molar-refractivity contribution in [2.45, 2.75) is 57.2 Å². The van der Waals surface area contributed by atoms with Gasteiger partial charge in [0.25, 0.3) is 0 Å². The number of ether oxygens (including phenoxy) is 1. The normalized spacial score (nSPS) is 19.6. The molecule has 1 aromatic rings. The second-order valence-electron chi connectivity index (χ2n) is 5.15. The summed E-state index contributed by atoms with van der Waals surface area (Å²) in [5.74, 6) is 0. The van der Waals surface area contributed by atoms with Gasteiger partial charge in [0.05, 0.1) is 28.6 Å². The maximum atomic E-state index is 6.32. The van der Waals surface area contributed by atoms with Crippen LogP contribution in [0.1, 0.15) is 50.8 Å². The Balaban J connectivity index is 2.12. The summed E-state index contributed by atoms with van der Waals surface area (Å²) in [6, 6.07) is -0.105. The molecule has 5 heteroatoms. The summed E-state index contributed by atoms with van der Waals surface area (Å²) in [7, 11) is 1.77. The van der Waals surface area contributed by atoms with Crippen molar-refractivity contribution in [1.29, 1.82) is 0 Å². The number of aryl methyl sites for hydroxylation is 1. The molecule has 2 rings (SSSR count). The molecule has 1 aliphatic carbocycles. The van der Waals surface area contributed by atoms with E-state index < -0.39 is 0 Å². The summed E-state index contributed by atoms with van der Waals surface area (Å²) in [6.07, 6.45) is 6.94. The summed E-state index contributed by atoms with van der Waals surface area (Å²) < 4.78 is 7.56. The van der Waals surface area contributed by atoms with Crippen molar-refractivity contribution in [3.05, 3.63) is 16.9 Å². The quantitative estimate of drug-likeness (QED) is 0.866. The summed E-state index contributed by atoms with van der Waals surface area (Å²) in [5.41, 5.74) is 7.23. The second-order valence-corrected chi connectivity index (χ2v) is 5.56. The van der Waals surface area contributed by atoms with Crippen LogP contribution in [-0.2, 0) is 11.3 Å². The lowest BCUT2D eigenvalue weighted by molar-refractivity contribution is -0.0820. The molecule has 0 saturated heterocycles. The van der Waals surface area contributed by atoms with E-state index >= 15 is 0 Å². The molecule has 0 radical (unpaired) electrons. The van der Waals surface area contributed by atoms with Crippen molar-refractivity contribution >= 4 is 11.6 Å². The smallest absolute Gasteiger partial charge is 0.0834 e. The Hall–Kier alpha value is -0.580. The first kappa shape index (κ1) is 13.8. The fourth-order valence-corrected chi connectivity index (χ4v) is 2.97. The Bertz CT molecular complexity index is 395. The van der Waals surface area contributed by atoms with Gasteiger partial charge in [-0.15, -0.1) is 0 Å². The predicted molar refractivity (Wildman–Crippen MR) is 72.7 cm³/mol. The molecule has 102 valence electrons. The Kier molecular flexibility index (Phi) is 4.30. The van der Waals surface area contributed by atoms with Gasteiger partial charge >= 0.3 is 0 Å². The molecule has 1 atom stereocenters. The van der Waals surface area contributed by atoms with Gasteiger partial charge in [-0.25, -0.2) is 0 Å². The number of hydrogen-bond acceptors (Lipinski definition) is 3. The zero-order valence-electron chi connectivity index (χ0n) is 11.2. The zero-order chi connectivity index (χ0) is 13.2. The van der Waals surface area contributed by atoms with Crippen molar-refractivity contribution in [2.75, 3.05) is 7.11 Å². The number of nitrogens with two attached hydrogens (primary N) is 1. The summed E-state index contributed by atoms with van der Waals surface area (Å²) in [4.78, 5) is 0. The van der Waals surface area contributed by atoms with Crippen molar-refractivity contribution in [2.24, 2.45) is 5.73 Å². The molecule has 1 aromatic heterocycles. The minimum absolute atomic E-state index is 0.0376. The summed E-state index contributed by atoms with van der Waals surface area (Å²) in [5, 5.41) is 4.96. The topological polar surface area (TPSA) is 53.1 Å². The minimum atomic E-state index is -0.105. The predicted octanol–water partition coefficient (Wildman–Crippen LogP) is 2.91. The van der Waals surface area contributed by atoms with Gasteiger partial charge in [0.15, 0.2) is 0 Å². The van der Waals surface area contributed by atoms with E-state index in [0.29, 0.717) is 5.02 Å². The van der Waals surface area contributed by atoms with Crippen LogP contribution >= 0.6 is 11.6 Å². The van der Waals surface area contributed by atoms with Crippen LogP contribution in [0.3, 0.4) is 0 Å². The highest BCUT2D eigenvalue weighted by atomic mass is 35.5. The average molecular weight is 272 g/mol. The first-order valence-corrected chi connectivity index (χ1v) is 7.01.